The Labute approximate surface area is 129 Å². The number of aliphatic carboxylic acids is 1. The summed E-state index contributed by atoms with van der Waals surface area (Å²) in [6.45, 7) is 7.61. The van der Waals surface area contributed by atoms with Crippen LogP contribution in [-0.2, 0) is 17.6 Å². The minimum Gasteiger partial charge on any atom is -0.480 e. The van der Waals surface area contributed by atoms with Crippen molar-refractivity contribution in [2.45, 2.75) is 52.5 Å². The maximum atomic E-state index is 12.8. The first kappa shape index (κ1) is 16.0. The van der Waals surface area contributed by atoms with Crippen molar-refractivity contribution in [2.24, 2.45) is 5.92 Å². The van der Waals surface area contributed by atoms with Crippen molar-refractivity contribution in [1.29, 1.82) is 0 Å². The van der Waals surface area contributed by atoms with E-state index >= 15 is 0 Å². The first-order valence-corrected chi connectivity index (χ1v) is 8.31. The largest absolute Gasteiger partial charge is 0.480 e. The number of likely N-dealkylation sites (N-methyl/N-ethyl adjacent to an activating group) is 1. The van der Waals surface area contributed by atoms with Crippen LogP contribution in [0.4, 0.5) is 0 Å². The molecule has 0 saturated heterocycles. The van der Waals surface area contributed by atoms with Gasteiger partial charge < -0.3 is 10.0 Å². The van der Waals surface area contributed by atoms with Crippen LogP contribution in [0, 0.1) is 5.92 Å². The van der Waals surface area contributed by atoms with Gasteiger partial charge in [-0.2, -0.15) is 0 Å². The van der Waals surface area contributed by atoms with Crippen LogP contribution in [0.1, 0.15) is 54.9 Å². The predicted molar refractivity (Wildman–Crippen MR) is 83.9 cm³/mol. The maximum absolute atomic E-state index is 12.8. The first-order valence-electron chi connectivity index (χ1n) is 7.43. The second kappa shape index (κ2) is 5.79. The number of carbonyl (C=O) groups excluding carboxylic acids is 1. The number of fused-ring (bicyclic) bond motifs is 1. The van der Waals surface area contributed by atoms with Crippen molar-refractivity contribution < 1.29 is 14.7 Å². The molecular weight excluding hydrogens is 286 g/mol. The number of hydrogen-bond donors (Lipinski definition) is 1. The van der Waals surface area contributed by atoms with Gasteiger partial charge in [0.05, 0.1) is 5.56 Å². The Morgan fingerprint density at radius 2 is 2.14 bits per heavy atom. The smallest absolute Gasteiger partial charge is 0.329 e. The summed E-state index contributed by atoms with van der Waals surface area (Å²) in [5, 5.41) is 11.3. The van der Waals surface area contributed by atoms with E-state index in [4.69, 9.17) is 0 Å². The minimum atomic E-state index is -1.19. The number of thiophene rings is 1. The van der Waals surface area contributed by atoms with E-state index < -0.39 is 11.5 Å². The maximum Gasteiger partial charge on any atom is 0.329 e. The Balaban J connectivity index is 2.34. The SMILES string of the molecule is CCN(C(=O)c1csc2c1CCC(C)C2)C(C)(C)C(=O)O. The summed E-state index contributed by atoms with van der Waals surface area (Å²) >= 11 is 1.64. The molecule has 1 aromatic rings. The van der Waals surface area contributed by atoms with E-state index in [1.807, 2.05) is 12.3 Å². The fourth-order valence-corrected chi connectivity index (χ4v) is 4.15. The standard InChI is InChI=1S/C16H23NO3S/c1-5-17(16(3,4)15(19)20)14(18)12-9-21-13-8-10(2)6-7-11(12)13/h9-10H,5-8H2,1-4H3,(H,19,20). The summed E-state index contributed by atoms with van der Waals surface area (Å²) in [6.07, 6.45) is 3.05. The summed E-state index contributed by atoms with van der Waals surface area (Å²) in [4.78, 5) is 27.0. The molecule has 1 aliphatic rings. The molecule has 0 fully saturated rings. The van der Waals surface area contributed by atoms with Gasteiger partial charge in [-0.3, -0.25) is 4.79 Å². The molecule has 116 valence electrons. The summed E-state index contributed by atoms with van der Waals surface area (Å²) in [5.41, 5.74) is 0.656. The number of nitrogens with zero attached hydrogens (tertiary/aromatic N) is 1. The highest BCUT2D eigenvalue weighted by Crippen LogP contribution is 2.34. The average Bonchev–Trinajstić information content (AvgIpc) is 2.81. The number of rotatable bonds is 4. The Kier molecular flexibility index (Phi) is 4.42. The Morgan fingerprint density at radius 3 is 2.71 bits per heavy atom. The third-order valence-corrected chi connectivity index (χ3v) is 5.44. The third-order valence-electron chi connectivity index (χ3n) is 4.39. The number of carboxylic acids is 1. The van der Waals surface area contributed by atoms with Crippen LogP contribution in [0.5, 0.6) is 0 Å². The molecule has 0 saturated carbocycles. The molecule has 1 aromatic heterocycles. The van der Waals surface area contributed by atoms with Gasteiger partial charge in [0.15, 0.2) is 0 Å². The summed E-state index contributed by atoms with van der Waals surface area (Å²) in [7, 11) is 0. The van der Waals surface area contributed by atoms with E-state index in [1.54, 1.807) is 25.2 Å². The zero-order valence-corrected chi connectivity index (χ0v) is 13.9. The molecular formula is C16H23NO3S. The van der Waals surface area contributed by atoms with Gasteiger partial charge in [0, 0.05) is 16.8 Å². The van der Waals surface area contributed by atoms with Crippen molar-refractivity contribution in [3.8, 4) is 0 Å². The molecule has 1 atom stereocenters. The zero-order valence-electron chi connectivity index (χ0n) is 13.1. The molecule has 1 amide bonds. The molecule has 0 aliphatic heterocycles. The second-order valence-electron chi connectivity index (χ2n) is 6.31. The molecule has 5 heteroatoms. The van der Waals surface area contributed by atoms with Crippen LogP contribution in [0.25, 0.3) is 0 Å². The zero-order chi connectivity index (χ0) is 15.8. The quantitative estimate of drug-likeness (QED) is 0.929. The topological polar surface area (TPSA) is 57.6 Å². The Morgan fingerprint density at radius 1 is 1.48 bits per heavy atom. The van der Waals surface area contributed by atoms with Gasteiger partial charge in [-0.25, -0.2) is 4.79 Å². The van der Waals surface area contributed by atoms with Crippen molar-refractivity contribution in [3.63, 3.8) is 0 Å². The van der Waals surface area contributed by atoms with Gasteiger partial charge >= 0.3 is 5.97 Å². The van der Waals surface area contributed by atoms with E-state index in [1.165, 1.54) is 9.78 Å². The lowest BCUT2D eigenvalue weighted by Gasteiger charge is -2.34. The molecule has 21 heavy (non-hydrogen) atoms. The first-order chi connectivity index (χ1) is 9.78. The van der Waals surface area contributed by atoms with E-state index in [-0.39, 0.29) is 5.91 Å². The number of hydrogen-bond acceptors (Lipinski definition) is 3. The molecule has 0 spiro atoms. The van der Waals surface area contributed by atoms with Crippen molar-refractivity contribution in [3.05, 3.63) is 21.4 Å². The van der Waals surface area contributed by atoms with Gasteiger partial charge in [0.2, 0.25) is 0 Å². The van der Waals surface area contributed by atoms with Crippen molar-refractivity contribution in [2.75, 3.05) is 6.54 Å². The van der Waals surface area contributed by atoms with Gasteiger partial charge in [-0.15, -0.1) is 11.3 Å². The third kappa shape index (κ3) is 2.84. The highest BCUT2D eigenvalue weighted by atomic mass is 32.1. The fourth-order valence-electron chi connectivity index (χ4n) is 2.91. The molecule has 1 aliphatic carbocycles. The van der Waals surface area contributed by atoms with E-state index in [9.17, 15) is 14.7 Å². The normalized spacial score (nSPS) is 18.2. The molecule has 1 heterocycles. The molecule has 4 nitrogen and oxygen atoms in total. The van der Waals surface area contributed by atoms with Crippen molar-refractivity contribution >= 4 is 23.2 Å². The van der Waals surface area contributed by atoms with Crippen LogP contribution in [0.15, 0.2) is 5.38 Å². The monoisotopic (exact) mass is 309 g/mol. The van der Waals surface area contributed by atoms with Crippen LogP contribution in [0.3, 0.4) is 0 Å². The van der Waals surface area contributed by atoms with Gasteiger partial charge in [-0.1, -0.05) is 6.92 Å². The minimum absolute atomic E-state index is 0.156. The molecule has 0 radical (unpaired) electrons. The van der Waals surface area contributed by atoms with Gasteiger partial charge in [-0.05, 0) is 51.5 Å². The second-order valence-corrected chi connectivity index (χ2v) is 7.28. The fraction of sp³-hybridized carbons (Fsp3) is 0.625. The van der Waals surface area contributed by atoms with Crippen molar-refractivity contribution in [1.82, 2.24) is 4.90 Å². The highest BCUT2D eigenvalue weighted by molar-refractivity contribution is 7.10. The average molecular weight is 309 g/mol. The van der Waals surface area contributed by atoms with Crippen LogP contribution >= 0.6 is 11.3 Å². The lowest BCUT2D eigenvalue weighted by molar-refractivity contribution is -0.147. The molecule has 2 rings (SSSR count). The lowest BCUT2D eigenvalue weighted by atomic mass is 9.88. The molecule has 0 aromatic carbocycles. The summed E-state index contributed by atoms with van der Waals surface area (Å²) in [6, 6.07) is 0. The lowest BCUT2D eigenvalue weighted by Crippen LogP contribution is -2.53. The van der Waals surface area contributed by atoms with Gasteiger partial charge in [0.25, 0.3) is 5.91 Å². The number of carboxylic acid groups (broad SMARTS) is 1. The van der Waals surface area contributed by atoms with E-state index in [0.717, 1.165) is 24.8 Å². The Bertz CT molecular complexity index is 562. The Hall–Kier alpha value is -1.36. The van der Waals surface area contributed by atoms with Crippen LogP contribution < -0.4 is 0 Å². The number of amides is 1. The highest BCUT2D eigenvalue weighted by Gasteiger charge is 2.38. The van der Waals surface area contributed by atoms with Gasteiger partial charge in [0.1, 0.15) is 5.54 Å². The van der Waals surface area contributed by atoms with Crippen LogP contribution in [0.2, 0.25) is 0 Å². The molecule has 0 bridgehead atoms. The number of carbonyl (C=O) groups is 2. The predicted octanol–water partition coefficient (Wildman–Crippen LogP) is 3.20. The van der Waals surface area contributed by atoms with Crippen LogP contribution in [-0.4, -0.2) is 34.0 Å². The summed E-state index contributed by atoms with van der Waals surface area (Å²) in [5.74, 6) is -0.468. The molecule has 1 N–H and O–H groups in total. The molecule has 1 unspecified atom stereocenters. The summed E-state index contributed by atoms with van der Waals surface area (Å²) < 4.78 is 0. The van der Waals surface area contributed by atoms with E-state index in [2.05, 4.69) is 6.92 Å². The van der Waals surface area contributed by atoms with E-state index in [0.29, 0.717) is 18.0 Å².